The molecular formula is C13H23N3O3. The fourth-order valence-electron chi connectivity index (χ4n) is 2.73. The van der Waals surface area contributed by atoms with Crippen LogP contribution in [0.4, 0.5) is 0 Å². The first kappa shape index (κ1) is 14.1. The van der Waals surface area contributed by atoms with Crippen LogP contribution in [0.2, 0.25) is 0 Å². The van der Waals surface area contributed by atoms with E-state index < -0.39 is 5.41 Å². The molecule has 0 spiro atoms. The van der Waals surface area contributed by atoms with Crippen molar-refractivity contribution >= 4 is 11.7 Å². The van der Waals surface area contributed by atoms with Gasteiger partial charge in [-0.15, -0.1) is 0 Å². The summed E-state index contributed by atoms with van der Waals surface area (Å²) in [6.45, 7) is 6.83. The highest BCUT2D eigenvalue weighted by Crippen LogP contribution is 2.48. The van der Waals surface area contributed by atoms with Crippen molar-refractivity contribution in [3.05, 3.63) is 0 Å². The van der Waals surface area contributed by atoms with E-state index in [0.29, 0.717) is 19.4 Å². The topological polar surface area (TPSA) is 96.9 Å². The van der Waals surface area contributed by atoms with Gasteiger partial charge in [-0.3, -0.25) is 4.79 Å². The number of nitrogens with one attached hydrogen (secondary N) is 1. The summed E-state index contributed by atoms with van der Waals surface area (Å²) in [5.41, 5.74) is 4.75. The van der Waals surface area contributed by atoms with Crippen LogP contribution in [0.15, 0.2) is 5.16 Å². The van der Waals surface area contributed by atoms with Gasteiger partial charge in [0.2, 0.25) is 5.91 Å². The van der Waals surface area contributed by atoms with Gasteiger partial charge in [-0.25, -0.2) is 0 Å². The van der Waals surface area contributed by atoms with Crippen molar-refractivity contribution in [2.75, 3.05) is 6.61 Å². The van der Waals surface area contributed by atoms with Gasteiger partial charge >= 0.3 is 0 Å². The van der Waals surface area contributed by atoms with E-state index >= 15 is 0 Å². The standard InChI is InChI=1S/C13H23N3O3/c1-4-19-9-7-8(12(9,2)3)15-11(17)13(5-6-13)10(14)16-18/h8-9,18H,4-7H2,1-3H3,(H2,14,16)(H,15,17). The molecule has 0 aromatic carbocycles. The molecule has 0 bridgehead atoms. The molecule has 2 aliphatic rings. The van der Waals surface area contributed by atoms with Crippen molar-refractivity contribution in [2.24, 2.45) is 21.7 Å². The first-order chi connectivity index (χ1) is 8.88. The second kappa shape index (κ2) is 4.67. The number of amidine groups is 1. The highest BCUT2D eigenvalue weighted by molar-refractivity contribution is 6.09. The van der Waals surface area contributed by atoms with E-state index in [4.69, 9.17) is 15.7 Å². The first-order valence-electron chi connectivity index (χ1n) is 6.79. The predicted molar refractivity (Wildman–Crippen MR) is 70.8 cm³/mol. The van der Waals surface area contributed by atoms with Gasteiger partial charge in [0.05, 0.1) is 6.10 Å². The predicted octanol–water partition coefficient (Wildman–Crippen LogP) is 0.833. The molecule has 0 saturated heterocycles. The van der Waals surface area contributed by atoms with Gasteiger partial charge in [0, 0.05) is 18.1 Å². The van der Waals surface area contributed by atoms with Crippen molar-refractivity contribution in [2.45, 2.75) is 52.2 Å². The summed E-state index contributed by atoms with van der Waals surface area (Å²) in [4.78, 5) is 12.3. The Morgan fingerprint density at radius 1 is 1.53 bits per heavy atom. The maximum Gasteiger partial charge on any atom is 0.234 e. The average molecular weight is 269 g/mol. The second-order valence-electron chi connectivity index (χ2n) is 6.09. The number of hydrogen-bond acceptors (Lipinski definition) is 4. The van der Waals surface area contributed by atoms with E-state index in [2.05, 4.69) is 24.3 Å². The van der Waals surface area contributed by atoms with E-state index in [0.717, 1.165) is 6.42 Å². The van der Waals surface area contributed by atoms with Gasteiger partial charge in [-0.05, 0) is 26.2 Å². The van der Waals surface area contributed by atoms with Crippen LogP contribution in [0.25, 0.3) is 0 Å². The molecule has 0 aliphatic heterocycles. The Balaban J connectivity index is 1.95. The molecule has 108 valence electrons. The van der Waals surface area contributed by atoms with Crippen LogP contribution in [0.1, 0.15) is 40.0 Å². The van der Waals surface area contributed by atoms with Crippen LogP contribution in [-0.2, 0) is 9.53 Å². The molecule has 0 aromatic rings. The second-order valence-corrected chi connectivity index (χ2v) is 6.09. The number of nitrogens with zero attached hydrogens (tertiary/aromatic N) is 1. The van der Waals surface area contributed by atoms with Gasteiger partial charge in [-0.1, -0.05) is 19.0 Å². The van der Waals surface area contributed by atoms with Gasteiger partial charge in [0.25, 0.3) is 0 Å². The summed E-state index contributed by atoms with van der Waals surface area (Å²) < 4.78 is 5.64. The quantitative estimate of drug-likeness (QED) is 0.298. The maximum absolute atomic E-state index is 12.3. The van der Waals surface area contributed by atoms with Gasteiger partial charge in [0.15, 0.2) is 5.84 Å². The molecule has 0 radical (unpaired) electrons. The van der Waals surface area contributed by atoms with Crippen LogP contribution >= 0.6 is 0 Å². The number of ether oxygens (including phenoxy) is 1. The number of carbonyl (C=O) groups excluding carboxylic acids is 1. The zero-order chi connectivity index (χ0) is 14.3. The Hall–Kier alpha value is -1.30. The van der Waals surface area contributed by atoms with Gasteiger partial charge in [-0.2, -0.15) is 0 Å². The number of oxime groups is 1. The lowest BCUT2D eigenvalue weighted by atomic mass is 9.64. The van der Waals surface area contributed by atoms with Gasteiger partial charge in [0.1, 0.15) is 5.41 Å². The van der Waals surface area contributed by atoms with E-state index in [9.17, 15) is 4.79 Å². The summed E-state index contributed by atoms with van der Waals surface area (Å²) in [6, 6.07) is 0.0838. The Morgan fingerprint density at radius 3 is 2.58 bits per heavy atom. The van der Waals surface area contributed by atoms with Gasteiger partial charge < -0.3 is 21.0 Å². The summed E-state index contributed by atoms with van der Waals surface area (Å²) >= 11 is 0. The minimum atomic E-state index is -0.776. The molecule has 6 heteroatoms. The van der Waals surface area contributed by atoms with Crippen molar-refractivity contribution in [1.82, 2.24) is 5.32 Å². The molecule has 2 unspecified atom stereocenters. The van der Waals surface area contributed by atoms with Crippen molar-refractivity contribution in [3.63, 3.8) is 0 Å². The molecule has 1 amide bonds. The molecule has 19 heavy (non-hydrogen) atoms. The molecule has 2 atom stereocenters. The highest BCUT2D eigenvalue weighted by Gasteiger charge is 2.57. The highest BCUT2D eigenvalue weighted by atomic mass is 16.5. The van der Waals surface area contributed by atoms with E-state index in [1.807, 2.05) is 6.92 Å². The summed E-state index contributed by atoms with van der Waals surface area (Å²) in [5, 5.41) is 14.7. The summed E-state index contributed by atoms with van der Waals surface area (Å²) in [6.07, 6.45) is 2.30. The van der Waals surface area contributed by atoms with Crippen molar-refractivity contribution in [1.29, 1.82) is 0 Å². The molecule has 2 fully saturated rings. The fourth-order valence-corrected chi connectivity index (χ4v) is 2.73. The number of rotatable bonds is 5. The molecule has 0 heterocycles. The lowest BCUT2D eigenvalue weighted by molar-refractivity contribution is -0.139. The number of amides is 1. The lowest BCUT2D eigenvalue weighted by Crippen LogP contribution is -2.63. The molecule has 2 rings (SSSR count). The Morgan fingerprint density at radius 2 is 2.16 bits per heavy atom. The Kier molecular flexibility index (Phi) is 3.47. The first-order valence-corrected chi connectivity index (χ1v) is 6.79. The number of hydrogen-bond donors (Lipinski definition) is 3. The van der Waals surface area contributed by atoms with Crippen LogP contribution in [0, 0.1) is 10.8 Å². The van der Waals surface area contributed by atoms with E-state index in [1.54, 1.807) is 0 Å². The molecule has 2 saturated carbocycles. The number of nitrogens with two attached hydrogens (primary N) is 1. The summed E-state index contributed by atoms with van der Waals surface area (Å²) in [5.74, 6) is -0.112. The molecule has 2 aliphatic carbocycles. The monoisotopic (exact) mass is 269 g/mol. The third kappa shape index (κ3) is 2.18. The minimum Gasteiger partial charge on any atom is -0.409 e. The van der Waals surface area contributed by atoms with Crippen LogP contribution in [-0.4, -0.2) is 35.7 Å². The minimum absolute atomic E-state index is 0.0171. The maximum atomic E-state index is 12.3. The van der Waals surface area contributed by atoms with E-state index in [-0.39, 0.29) is 29.3 Å². The van der Waals surface area contributed by atoms with E-state index in [1.165, 1.54) is 0 Å². The molecule has 0 aromatic heterocycles. The third-order valence-electron chi connectivity index (χ3n) is 4.63. The zero-order valence-electron chi connectivity index (χ0n) is 11.8. The number of carbonyl (C=O) groups is 1. The van der Waals surface area contributed by atoms with Crippen molar-refractivity contribution < 1.29 is 14.7 Å². The lowest BCUT2D eigenvalue weighted by Gasteiger charge is -2.51. The zero-order valence-corrected chi connectivity index (χ0v) is 11.8. The third-order valence-corrected chi connectivity index (χ3v) is 4.63. The normalized spacial score (nSPS) is 31.4. The average Bonchev–Trinajstić information content (AvgIpc) is 3.18. The van der Waals surface area contributed by atoms with Crippen LogP contribution in [0.5, 0.6) is 0 Å². The largest absolute Gasteiger partial charge is 0.409 e. The smallest absolute Gasteiger partial charge is 0.234 e. The Bertz CT molecular complexity index is 402. The SMILES string of the molecule is CCOC1CC(NC(=O)C2(C(N)=NO)CC2)C1(C)C. The fraction of sp³-hybridized carbons (Fsp3) is 0.846. The Labute approximate surface area is 113 Å². The molecule has 6 nitrogen and oxygen atoms in total. The molecular weight excluding hydrogens is 246 g/mol. The van der Waals surface area contributed by atoms with Crippen LogP contribution < -0.4 is 11.1 Å². The molecule has 4 N–H and O–H groups in total. The van der Waals surface area contributed by atoms with Crippen molar-refractivity contribution in [3.8, 4) is 0 Å². The van der Waals surface area contributed by atoms with Crippen LogP contribution in [0.3, 0.4) is 0 Å². The summed E-state index contributed by atoms with van der Waals surface area (Å²) in [7, 11) is 0.